The fraction of sp³-hybridized carbons (Fsp3) is 0.0638. The molecule has 0 aliphatic carbocycles. The third-order valence-corrected chi connectivity index (χ3v) is 15.3. The van der Waals surface area contributed by atoms with Crippen molar-refractivity contribution < 1.29 is 14.0 Å². The van der Waals surface area contributed by atoms with E-state index >= 15 is 4.57 Å². The molecular weight excluding hydrogens is 676 g/mol. The molecule has 9 rings (SSSR count). The molecule has 0 radical (unpaired) electrons. The van der Waals surface area contributed by atoms with Gasteiger partial charge in [0, 0.05) is 15.5 Å². The van der Waals surface area contributed by atoms with Crippen LogP contribution in [0.1, 0.15) is 21.6 Å². The Morgan fingerprint density at radius 3 is 1.58 bits per heavy atom. The minimum atomic E-state index is -3.25. The van der Waals surface area contributed by atoms with Crippen molar-refractivity contribution in [1.82, 2.24) is 0 Å². The van der Waals surface area contributed by atoms with Crippen molar-refractivity contribution in [2.75, 3.05) is 14.2 Å². The lowest BCUT2D eigenvalue weighted by molar-refractivity contribution is 0.414. The molecule has 252 valence electrons. The van der Waals surface area contributed by atoms with Gasteiger partial charge in [-0.1, -0.05) is 133 Å². The Balaban J connectivity index is 1.43. The zero-order chi connectivity index (χ0) is 35.3. The fourth-order valence-corrected chi connectivity index (χ4v) is 12.7. The highest BCUT2D eigenvalue weighted by Crippen LogP contribution is 2.54. The van der Waals surface area contributed by atoms with E-state index < -0.39 is 12.6 Å². The van der Waals surface area contributed by atoms with Crippen molar-refractivity contribution in [3.63, 3.8) is 0 Å². The van der Waals surface area contributed by atoms with Crippen molar-refractivity contribution in [2.24, 2.45) is 0 Å². The maximum Gasteiger partial charge on any atom is 0.180 e. The van der Waals surface area contributed by atoms with Gasteiger partial charge in [-0.15, -0.1) is 11.3 Å². The van der Waals surface area contributed by atoms with Gasteiger partial charge >= 0.3 is 0 Å². The van der Waals surface area contributed by atoms with Gasteiger partial charge in [-0.3, -0.25) is 0 Å². The summed E-state index contributed by atoms with van der Waals surface area (Å²) in [5.41, 5.74) is 2.50. The largest absolute Gasteiger partial charge is 0.497 e. The normalized spacial score (nSPS) is 12.1. The smallest absolute Gasteiger partial charge is 0.180 e. The fourth-order valence-electron chi connectivity index (χ4n) is 8.03. The second-order valence-corrected chi connectivity index (χ2v) is 17.2. The quantitative estimate of drug-likeness (QED) is 0.0850. The van der Waals surface area contributed by atoms with Gasteiger partial charge < -0.3 is 14.0 Å². The number of rotatable bonds is 9. The van der Waals surface area contributed by atoms with Gasteiger partial charge in [-0.2, -0.15) is 0 Å². The first-order valence-corrected chi connectivity index (χ1v) is 19.9. The van der Waals surface area contributed by atoms with Crippen LogP contribution in [0.3, 0.4) is 0 Å². The van der Waals surface area contributed by atoms with E-state index in [0.717, 1.165) is 48.3 Å². The van der Waals surface area contributed by atoms with Crippen LogP contribution >= 0.6 is 18.5 Å². The molecule has 0 amide bonds. The standard InChI is InChI=1S/C47H35O3PS/c1-49-37-25-21-35(22-26-37)47(36-23-27-38(50-2)28-24-36,42-31-34-13-9-11-32-19-20-33-12-10-18-41(42)46(33)45(32)34)43-29-30-44(52-43)51(48,39-14-5-3-6-15-39)40-16-7-4-8-17-40/h3-31H,1-2H3. The lowest BCUT2D eigenvalue weighted by atomic mass is 9.66. The number of hydrogen-bond donors (Lipinski definition) is 0. The third-order valence-electron chi connectivity index (χ3n) is 10.5. The van der Waals surface area contributed by atoms with Crippen LogP contribution in [0.4, 0.5) is 0 Å². The number of benzene rings is 8. The minimum Gasteiger partial charge on any atom is -0.497 e. The average Bonchev–Trinajstić information content (AvgIpc) is 3.72. The molecule has 3 nitrogen and oxygen atoms in total. The zero-order valence-corrected chi connectivity index (χ0v) is 30.5. The van der Waals surface area contributed by atoms with Crippen LogP contribution in [0.15, 0.2) is 176 Å². The highest BCUT2D eigenvalue weighted by Gasteiger charge is 2.43. The molecule has 9 aromatic rings. The second-order valence-electron chi connectivity index (χ2n) is 13.1. The van der Waals surface area contributed by atoms with Crippen LogP contribution in [0.5, 0.6) is 11.5 Å². The number of ether oxygens (including phenoxy) is 2. The average molecular weight is 711 g/mol. The summed E-state index contributed by atoms with van der Waals surface area (Å²) < 4.78 is 28.0. The van der Waals surface area contributed by atoms with Crippen molar-refractivity contribution in [2.45, 2.75) is 5.41 Å². The van der Waals surface area contributed by atoms with Crippen molar-refractivity contribution in [3.8, 4) is 11.5 Å². The van der Waals surface area contributed by atoms with E-state index in [9.17, 15) is 0 Å². The van der Waals surface area contributed by atoms with Gasteiger partial charge in [-0.25, -0.2) is 0 Å². The first kappa shape index (κ1) is 32.3. The Morgan fingerprint density at radius 1 is 0.500 bits per heavy atom. The van der Waals surface area contributed by atoms with E-state index in [4.69, 9.17) is 9.47 Å². The van der Waals surface area contributed by atoms with Gasteiger partial charge in [0.2, 0.25) is 0 Å². The summed E-state index contributed by atoms with van der Waals surface area (Å²) in [6.07, 6.45) is 0. The van der Waals surface area contributed by atoms with Crippen LogP contribution < -0.4 is 24.7 Å². The highest BCUT2D eigenvalue weighted by atomic mass is 32.1. The van der Waals surface area contributed by atoms with Crippen LogP contribution in [-0.4, -0.2) is 14.2 Å². The molecule has 5 heteroatoms. The Kier molecular flexibility index (Phi) is 7.96. The molecule has 0 bridgehead atoms. The molecule has 0 saturated heterocycles. The van der Waals surface area contributed by atoms with E-state index in [-0.39, 0.29) is 0 Å². The molecule has 0 aliphatic rings. The summed E-state index contributed by atoms with van der Waals surface area (Å²) in [7, 11) is 0.148. The molecule has 1 aromatic heterocycles. The molecule has 0 N–H and O–H groups in total. The Bertz CT molecular complexity index is 2630. The first-order chi connectivity index (χ1) is 25.5. The van der Waals surface area contributed by atoms with E-state index in [1.54, 1.807) is 25.6 Å². The predicted molar refractivity (Wildman–Crippen MR) is 219 cm³/mol. The van der Waals surface area contributed by atoms with E-state index in [1.165, 1.54) is 32.3 Å². The lowest BCUT2D eigenvalue weighted by Gasteiger charge is -2.37. The molecular formula is C47H35O3PS. The maximum absolute atomic E-state index is 15.8. The highest BCUT2D eigenvalue weighted by molar-refractivity contribution is 7.89. The van der Waals surface area contributed by atoms with E-state index in [1.807, 2.05) is 84.9 Å². The van der Waals surface area contributed by atoms with Crippen LogP contribution in [0.25, 0.3) is 32.3 Å². The molecule has 0 fully saturated rings. The summed E-state index contributed by atoms with van der Waals surface area (Å²) in [4.78, 5) is 1.07. The minimum absolute atomic E-state index is 0.784. The number of hydrogen-bond acceptors (Lipinski definition) is 4. The number of thiophene rings is 1. The Labute approximate surface area is 307 Å². The second kappa shape index (κ2) is 12.8. The molecule has 1 heterocycles. The first-order valence-electron chi connectivity index (χ1n) is 17.3. The molecule has 0 unspecified atom stereocenters. The van der Waals surface area contributed by atoms with Crippen LogP contribution in [-0.2, 0) is 9.98 Å². The summed E-state index contributed by atoms with van der Waals surface area (Å²) in [6.45, 7) is 0. The van der Waals surface area contributed by atoms with Crippen molar-refractivity contribution in [1.29, 1.82) is 0 Å². The Morgan fingerprint density at radius 2 is 1.02 bits per heavy atom. The van der Waals surface area contributed by atoms with Crippen molar-refractivity contribution >= 4 is 66.0 Å². The molecule has 0 atom stereocenters. The monoisotopic (exact) mass is 710 g/mol. The van der Waals surface area contributed by atoms with E-state index in [2.05, 4.69) is 91.0 Å². The van der Waals surface area contributed by atoms with Gasteiger partial charge in [-0.05, 0) is 91.5 Å². The third kappa shape index (κ3) is 4.90. The zero-order valence-electron chi connectivity index (χ0n) is 28.8. The van der Waals surface area contributed by atoms with Crippen LogP contribution in [0.2, 0.25) is 0 Å². The maximum atomic E-state index is 15.8. The Hall–Kier alpha value is -5.67. The molecule has 0 saturated carbocycles. The topological polar surface area (TPSA) is 35.5 Å². The summed E-state index contributed by atoms with van der Waals surface area (Å²) in [5.74, 6) is 1.57. The molecule has 0 aliphatic heterocycles. The number of methoxy groups -OCH3 is 2. The predicted octanol–water partition coefficient (Wildman–Crippen LogP) is 10.7. The van der Waals surface area contributed by atoms with E-state index in [0.29, 0.717) is 0 Å². The van der Waals surface area contributed by atoms with Gasteiger partial charge in [0.1, 0.15) is 11.5 Å². The van der Waals surface area contributed by atoms with Crippen LogP contribution in [0, 0.1) is 0 Å². The summed E-state index contributed by atoms with van der Waals surface area (Å²) in [6, 6.07) is 61.1. The lowest BCUT2D eigenvalue weighted by Crippen LogP contribution is -2.30. The van der Waals surface area contributed by atoms with Crippen molar-refractivity contribution in [3.05, 3.63) is 197 Å². The van der Waals surface area contributed by atoms with Gasteiger partial charge in [0.15, 0.2) is 7.14 Å². The van der Waals surface area contributed by atoms with Gasteiger partial charge in [0.05, 0.1) is 24.3 Å². The van der Waals surface area contributed by atoms with Gasteiger partial charge in [0.25, 0.3) is 0 Å². The molecule has 52 heavy (non-hydrogen) atoms. The molecule has 8 aromatic carbocycles. The summed E-state index contributed by atoms with van der Waals surface area (Å²) >= 11 is 1.64. The molecule has 0 spiro atoms. The summed E-state index contributed by atoms with van der Waals surface area (Å²) in [5, 5.41) is 8.92. The SMILES string of the molecule is COc1ccc(C(c2ccc(OC)cc2)(c2ccc(P(=O)(c3ccccc3)c3ccccc3)s2)c2cc3cccc4ccc5cccc2c5c43)cc1.